The van der Waals surface area contributed by atoms with Crippen LogP contribution >= 0.6 is 0 Å². The minimum Gasteiger partial charge on any atom is -0.341 e. The molecular formula is C11H18N2O. The van der Waals surface area contributed by atoms with E-state index in [-0.39, 0.29) is 12.1 Å². The van der Waals surface area contributed by atoms with Crippen LogP contribution in [0.1, 0.15) is 13.8 Å². The maximum atomic E-state index is 10.4. The SMILES string of the molecule is CNC(=O)NC(C)C.c1ccccc1. The summed E-state index contributed by atoms with van der Waals surface area (Å²) in [6.45, 7) is 3.82. The van der Waals surface area contributed by atoms with Gasteiger partial charge in [-0.1, -0.05) is 36.4 Å². The maximum Gasteiger partial charge on any atom is 0.314 e. The molecule has 1 aromatic rings. The fourth-order valence-corrected chi connectivity index (χ4v) is 0.719. The monoisotopic (exact) mass is 194 g/mol. The van der Waals surface area contributed by atoms with Gasteiger partial charge in [-0.05, 0) is 13.8 Å². The van der Waals surface area contributed by atoms with Crippen LogP contribution in [0.15, 0.2) is 36.4 Å². The predicted molar refractivity (Wildman–Crippen MR) is 59.2 cm³/mol. The van der Waals surface area contributed by atoms with Crippen LogP contribution in [0.2, 0.25) is 0 Å². The summed E-state index contributed by atoms with van der Waals surface area (Å²) < 4.78 is 0. The zero-order chi connectivity index (χ0) is 10.8. The lowest BCUT2D eigenvalue weighted by Gasteiger charge is -2.05. The van der Waals surface area contributed by atoms with Gasteiger partial charge in [-0.25, -0.2) is 4.79 Å². The molecule has 1 aromatic carbocycles. The number of carbonyl (C=O) groups is 1. The Morgan fingerprint density at radius 2 is 1.36 bits per heavy atom. The van der Waals surface area contributed by atoms with Crippen molar-refractivity contribution in [2.24, 2.45) is 0 Å². The van der Waals surface area contributed by atoms with Gasteiger partial charge in [0.1, 0.15) is 0 Å². The first kappa shape index (κ1) is 12.5. The smallest absolute Gasteiger partial charge is 0.314 e. The average Bonchev–Trinajstić information content (AvgIpc) is 2.20. The summed E-state index contributed by atoms with van der Waals surface area (Å²) in [7, 11) is 1.59. The standard InChI is InChI=1S/C6H6.C5H12N2O/c1-2-4-6-5-3-1;1-4(2)7-5(8)6-3/h1-6H;4H,1-3H3,(H2,6,7,8). The molecule has 3 heteroatoms. The Morgan fingerprint density at radius 3 is 1.50 bits per heavy atom. The molecule has 0 aromatic heterocycles. The van der Waals surface area contributed by atoms with Gasteiger partial charge in [0.2, 0.25) is 0 Å². The van der Waals surface area contributed by atoms with E-state index < -0.39 is 0 Å². The molecule has 0 aliphatic rings. The molecule has 0 heterocycles. The highest BCUT2D eigenvalue weighted by Gasteiger charge is 1.95. The van der Waals surface area contributed by atoms with Crippen LogP contribution in [0.3, 0.4) is 0 Å². The Labute approximate surface area is 85.5 Å². The zero-order valence-corrected chi connectivity index (χ0v) is 8.95. The second kappa shape index (κ2) is 8.10. The lowest BCUT2D eigenvalue weighted by Crippen LogP contribution is -2.37. The van der Waals surface area contributed by atoms with Crippen molar-refractivity contribution in [2.75, 3.05) is 7.05 Å². The van der Waals surface area contributed by atoms with Crippen LogP contribution in [-0.2, 0) is 0 Å². The Balaban J connectivity index is 0.000000249. The van der Waals surface area contributed by atoms with E-state index in [4.69, 9.17) is 0 Å². The number of urea groups is 1. The summed E-state index contributed by atoms with van der Waals surface area (Å²) in [4.78, 5) is 10.4. The minimum absolute atomic E-state index is 0.125. The molecule has 0 unspecified atom stereocenters. The first-order valence-corrected chi connectivity index (χ1v) is 4.65. The molecule has 3 nitrogen and oxygen atoms in total. The maximum absolute atomic E-state index is 10.4. The van der Waals surface area contributed by atoms with E-state index >= 15 is 0 Å². The lowest BCUT2D eigenvalue weighted by atomic mass is 10.4. The number of hydrogen-bond acceptors (Lipinski definition) is 1. The van der Waals surface area contributed by atoms with E-state index in [2.05, 4.69) is 10.6 Å². The topological polar surface area (TPSA) is 41.1 Å². The Kier molecular flexibility index (Phi) is 7.23. The van der Waals surface area contributed by atoms with Crippen molar-refractivity contribution in [1.29, 1.82) is 0 Å². The summed E-state index contributed by atoms with van der Waals surface area (Å²) in [6.07, 6.45) is 0. The summed E-state index contributed by atoms with van der Waals surface area (Å²) in [6, 6.07) is 12.1. The molecule has 2 N–H and O–H groups in total. The van der Waals surface area contributed by atoms with Crippen molar-refractivity contribution >= 4 is 6.03 Å². The van der Waals surface area contributed by atoms with Gasteiger partial charge in [0.05, 0.1) is 0 Å². The van der Waals surface area contributed by atoms with Gasteiger partial charge in [0, 0.05) is 13.1 Å². The Hall–Kier alpha value is -1.51. The van der Waals surface area contributed by atoms with Crippen LogP contribution in [-0.4, -0.2) is 19.1 Å². The molecule has 0 radical (unpaired) electrons. The number of benzene rings is 1. The van der Waals surface area contributed by atoms with Gasteiger partial charge in [0.25, 0.3) is 0 Å². The third-order valence-corrected chi connectivity index (χ3v) is 1.31. The van der Waals surface area contributed by atoms with Crippen LogP contribution in [0.25, 0.3) is 0 Å². The van der Waals surface area contributed by atoms with Gasteiger partial charge in [0.15, 0.2) is 0 Å². The fourth-order valence-electron chi connectivity index (χ4n) is 0.719. The van der Waals surface area contributed by atoms with E-state index in [1.54, 1.807) is 7.05 Å². The fraction of sp³-hybridized carbons (Fsp3) is 0.364. The molecular weight excluding hydrogens is 176 g/mol. The molecule has 0 saturated carbocycles. The number of carbonyl (C=O) groups excluding carboxylic acids is 1. The second-order valence-electron chi connectivity index (χ2n) is 3.03. The molecule has 0 fully saturated rings. The van der Waals surface area contributed by atoms with E-state index in [1.165, 1.54) is 0 Å². The molecule has 1 rings (SSSR count). The molecule has 0 atom stereocenters. The second-order valence-corrected chi connectivity index (χ2v) is 3.03. The Morgan fingerprint density at radius 1 is 1.00 bits per heavy atom. The summed E-state index contributed by atoms with van der Waals surface area (Å²) in [5, 5.41) is 5.09. The van der Waals surface area contributed by atoms with Crippen molar-refractivity contribution < 1.29 is 4.79 Å². The molecule has 2 amide bonds. The zero-order valence-electron chi connectivity index (χ0n) is 8.95. The first-order valence-electron chi connectivity index (χ1n) is 4.65. The number of nitrogens with one attached hydrogen (secondary N) is 2. The lowest BCUT2D eigenvalue weighted by molar-refractivity contribution is 0.240. The average molecular weight is 194 g/mol. The summed E-state index contributed by atoms with van der Waals surface area (Å²) >= 11 is 0. The quantitative estimate of drug-likeness (QED) is 0.705. The predicted octanol–water partition coefficient (Wildman–Crippen LogP) is 2.01. The van der Waals surface area contributed by atoms with Gasteiger partial charge in [-0.2, -0.15) is 0 Å². The highest BCUT2D eigenvalue weighted by molar-refractivity contribution is 5.73. The molecule has 14 heavy (non-hydrogen) atoms. The van der Waals surface area contributed by atoms with Crippen molar-refractivity contribution in [1.82, 2.24) is 10.6 Å². The van der Waals surface area contributed by atoms with Crippen molar-refractivity contribution in [3.8, 4) is 0 Å². The normalized spacial score (nSPS) is 8.57. The Bertz CT molecular complexity index is 208. The third kappa shape index (κ3) is 8.59. The molecule has 0 saturated heterocycles. The van der Waals surface area contributed by atoms with E-state index in [1.807, 2.05) is 50.2 Å². The third-order valence-electron chi connectivity index (χ3n) is 1.31. The van der Waals surface area contributed by atoms with E-state index in [0.29, 0.717) is 0 Å². The van der Waals surface area contributed by atoms with Gasteiger partial charge >= 0.3 is 6.03 Å². The van der Waals surface area contributed by atoms with Gasteiger partial charge in [-0.3, -0.25) is 0 Å². The highest BCUT2D eigenvalue weighted by atomic mass is 16.2. The molecule has 78 valence electrons. The van der Waals surface area contributed by atoms with Crippen LogP contribution in [0, 0.1) is 0 Å². The van der Waals surface area contributed by atoms with Crippen molar-refractivity contribution in [2.45, 2.75) is 19.9 Å². The molecule has 0 aliphatic heterocycles. The van der Waals surface area contributed by atoms with Crippen LogP contribution in [0.5, 0.6) is 0 Å². The number of hydrogen-bond donors (Lipinski definition) is 2. The minimum atomic E-state index is -0.125. The summed E-state index contributed by atoms with van der Waals surface area (Å²) in [5.41, 5.74) is 0. The van der Waals surface area contributed by atoms with Crippen LogP contribution < -0.4 is 10.6 Å². The number of rotatable bonds is 1. The van der Waals surface area contributed by atoms with E-state index in [9.17, 15) is 4.79 Å². The first-order chi connectivity index (χ1) is 6.66. The van der Waals surface area contributed by atoms with Gasteiger partial charge in [-0.15, -0.1) is 0 Å². The molecule has 0 aliphatic carbocycles. The van der Waals surface area contributed by atoms with Crippen molar-refractivity contribution in [3.05, 3.63) is 36.4 Å². The van der Waals surface area contributed by atoms with Crippen molar-refractivity contribution in [3.63, 3.8) is 0 Å². The highest BCUT2D eigenvalue weighted by Crippen LogP contribution is 1.79. The molecule has 0 bridgehead atoms. The summed E-state index contributed by atoms with van der Waals surface area (Å²) in [5.74, 6) is 0. The molecule has 0 spiro atoms. The van der Waals surface area contributed by atoms with Gasteiger partial charge < -0.3 is 10.6 Å². The van der Waals surface area contributed by atoms with E-state index in [0.717, 1.165) is 0 Å². The number of amides is 2. The van der Waals surface area contributed by atoms with Crippen LogP contribution in [0.4, 0.5) is 4.79 Å². The largest absolute Gasteiger partial charge is 0.341 e.